The van der Waals surface area contributed by atoms with Crippen LogP contribution < -0.4 is 5.43 Å². The minimum Gasteiger partial charge on any atom is -0.272 e. The lowest BCUT2D eigenvalue weighted by Gasteiger charge is -2.02. The number of carbonyl (C=O) groups is 1. The molecule has 1 aromatic heterocycles. The van der Waals surface area contributed by atoms with E-state index in [0.717, 1.165) is 5.75 Å². The van der Waals surface area contributed by atoms with Crippen molar-refractivity contribution in [1.29, 1.82) is 0 Å². The molecule has 0 bridgehead atoms. The molecule has 1 heterocycles. The molecule has 21 heavy (non-hydrogen) atoms. The molecule has 4 nitrogen and oxygen atoms in total. The van der Waals surface area contributed by atoms with E-state index in [1.54, 1.807) is 18.0 Å². The van der Waals surface area contributed by atoms with Gasteiger partial charge in [0.05, 0.1) is 17.7 Å². The van der Waals surface area contributed by atoms with Crippen molar-refractivity contribution in [2.75, 3.05) is 5.75 Å². The summed E-state index contributed by atoms with van der Waals surface area (Å²) in [6.07, 6.45) is 3.21. The van der Waals surface area contributed by atoms with Crippen LogP contribution in [0.25, 0.3) is 0 Å². The SMILES string of the molecule is Cc1ccc(CSCC(=O)N/N=C/c2ccccn2)cc1. The van der Waals surface area contributed by atoms with Gasteiger partial charge in [-0.1, -0.05) is 35.9 Å². The third kappa shape index (κ3) is 5.79. The van der Waals surface area contributed by atoms with Gasteiger partial charge in [-0.05, 0) is 24.6 Å². The minimum atomic E-state index is -0.112. The van der Waals surface area contributed by atoms with Crippen molar-refractivity contribution in [3.63, 3.8) is 0 Å². The number of hydrogen-bond acceptors (Lipinski definition) is 4. The van der Waals surface area contributed by atoms with Crippen LogP contribution in [0.1, 0.15) is 16.8 Å². The zero-order valence-corrected chi connectivity index (χ0v) is 12.6. The number of nitrogens with zero attached hydrogens (tertiary/aromatic N) is 2. The van der Waals surface area contributed by atoms with Crippen LogP contribution >= 0.6 is 11.8 Å². The second kappa shape index (κ2) is 8.21. The quantitative estimate of drug-likeness (QED) is 0.659. The van der Waals surface area contributed by atoms with Crippen LogP contribution in [0.5, 0.6) is 0 Å². The maximum absolute atomic E-state index is 11.6. The van der Waals surface area contributed by atoms with Crippen molar-refractivity contribution in [2.45, 2.75) is 12.7 Å². The largest absolute Gasteiger partial charge is 0.272 e. The van der Waals surface area contributed by atoms with E-state index in [0.29, 0.717) is 11.4 Å². The van der Waals surface area contributed by atoms with Crippen molar-refractivity contribution >= 4 is 23.9 Å². The molecule has 1 aromatic carbocycles. The molecule has 1 N–H and O–H groups in total. The van der Waals surface area contributed by atoms with Crippen molar-refractivity contribution in [2.24, 2.45) is 5.10 Å². The first-order valence-corrected chi connectivity index (χ1v) is 7.76. The van der Waals surface area contributed by atoms with E-state index < -0.39 is 0 Å². The zero-order valence-electron chi connectivity index (χ0n) is 11.8. The van der Waals surface area contributed by atoms with Crippen LogP contribution in [0.2, 0.25) is 0 Å². The zero-order chi connectivity index (χ0) is 14.9. The Morgan fingerprint density at radius 1 is 1.29 bits per heavy atom. The van der Waals surface area contributed by atoms with E-state index >= 15 is 0 Å². The maximum Gasteiger partial charge on any atom is 0.250 e. The average molecular weight is 299 g/mol. The number of hydrazone groups is 1. The highest BCUT2D eigenvalue weighted by atomic mass is 32.2. The van der Waals surface area contributed by atoms with Crippen LogP contribution in [0.4, 0.5) is 0 Å². The van der Waals surface area contributed by atoms with Crippen LogP contribution in [-0.2, 0) is 10.5 Å². The predicted molar refractivity (Wildman–Crippen MR) is 87.3 cm³/mol. The van der Waals surface area contributed by atoms with E-state index in [9.17, 15) is 4.79 Å². The fourth-order valence-corrected chi connectivity index (χ4v) is 2.38. The summed E-state index contributed by atoms with van der Waals surface area (Å²) in [4.78, 5) is 15.7. The number of nitrogens with one attached hydrogen (secondary N) is 1. The molecule has 0 aliphatic rings. The van der Waals surface area contributed by atoms with E-state index in [4.69, 9.17) is 0 Å². The summed E-state index contributed by atoms with van der Waals surface area (Å²) in [5.41, 5.74) is 5.67. The third-order valence-corrected chi connectivity index (χ3v) is 3.70. The molecule has 0 aliphatic carbocycles. The van der Waals surface area contributed by atoms with Crippen LogP contribution in [0, 0.1) is 6.92 Å². The number of rotatable bonds is 6. The van der Waals surface area contributed by atoms with Gasteiger partial charge in [-0.25, -0.2) is 5.43 Å². The monoisotopic (exact) mass is 299 g/mol. The number of benzene rings is 1. The molecule has 0 saturated heterocycles. The lowest BCUT2D eigenvalue weighted by atomic mass is 10.2. The molecular weight excluding hydrogens is 282 g/mol. The Morgan fingerprint density at radius 3 is 2.81 bits per heavy atom. The Balaban J connectivity index is 1.68. The van der Waals surface area contributed by atoms with Gasteiger partial charge in [-0.15, -0.1) is 11.8 Å². The molecule has 2 aromatic rings. The molecule has 0 fully saturated rings. The molecule has 0 saturated carbocycles. The molecule has 0 spiro atoms. The topological polar surface area (TPSA) is 54.4 Å². The fourth-order valence-electron chi connectivity index (χ4n) is 1.60. The smallest absolute Gasteiger partial charge is 0.250 e. The molecule has 2 rings (SSSR count). The molecular formula is C16H17N3OS. The van der Waals surface area contributed by atoms with Gasteiger partial charge < -0.3 is 0 Å². The molecule has 0 atom stereocenters. The van der Waals surface area contributed by atoms with Gasteiger partial charge in [0.15, 0.2) is 0 Å². The molecule has 0 aliphatic heterocycles. The van der Waals surface area contributed by atoms with Crippen LogP contribution in [0.3, 0.4) is 0 Å². The first-order chi connectivity index (χ1) is 10.2. The lowest BCUT2D eigenvalue weighted by molar-refractivity contribution is -0.118. The molecule has 1 amide bonds. The first-order valence-electron chi connectivity index (χ1n) is 6.60. The summed E-state index contributed by atoms with van der Waals surface area (Å²) in [6.45, 7) is 2.06. The van der Waals surface area contributed by atoms with Gasteiger partial charge in [-0.2, -0.15) is 5.10 Å². The number of aryl methyl sites for hydroxylation is 1. The number of aromatic nitrogens is 1. The van der Waals surface area contributed by atoms with Gasteiger partial charge in [0, 0.05) is 11.9 Å². The van der Waals surface area contributed by atoms with Gasteiger partial charge in [0.1, 0.15) is 0 Å². The second-order valence-electron chi connectivity index (χ2n) is 4.53. The Labute approximate surface area is 128 Å². The summed E-state index contributed by atoms with van der Waals surface area (Å²) >= 11 is 1.57. The Kier molecular flexibility index (Phi) is 5.97. The number of carbonyl (C=O) groups excluding carboxylic acids is 1. The first kappa shape index (κ1) is 15.3. The third-order valence-electron chi connectivity index (χ3n) is 2.70. The normalized spacial score (nSPS) is 10.7. The number of thioether (sulfide) groups is 1. The van der Waals surface area contributed by atoms with E-state index in [-0.39, 0.29) is 5.91 Å². The van der Waals surface area contributed by atoms with Crippen molar-refractivity contribution in [3.05, 3.63) is 65.5 Å². The Bertz CT molecular complexity index is 597. The number of pyridine rings is 1. The highest BCUT2D eigenvalue weighted by Gasteiger charge is 2.00. The van der Waals surface area contributed by atoms with Crippen molar-refractivity contribution in [1.82, 2.24) is 10.4 Å². The summed E-state index contributed by atoms with van der Waals surface area (Å²) < 4.78 is 0. The van der Waals surface area contributed by atoms with E-state index in [1.807, 2.05) is 18.2 Å². The Hall–Kier alpha value is -2.14. The summed E-state index contributed by atoms with van der Waals surface area (Å²) in [6, 6.07) is 13.8. The van der Waals surface area contributed by atoms with Gasteiger partial charge in [0.2, 0.25) is 5.91 Å². The summed E-state index contributed by atoms with van der Waals surface area (Å²) in [7, 11) is 0. The Morgan fingerprint density at radius 2 is 2.10 bits per heavy atom. The highest BCUT2D eigenvalue weighted by molar-refractivity contribution is 7.99. The van der Waals surface area contributed by atoms with E-state index in [1.165, 1.54) is 17.3 Å². The molecule has 0 unspecified atom stereocenters. The average Bonchev–Trinajstić information content (AvgIpc) is 2.50. The number of amides is 1. The van der Waals surface area contributed by atoms with Crippen LogP contribution in [0.15, 0.2) is 53.8 Å². The van der Waals surface area contributed by atoms with Crippen molar-refractivity contribution < 1.29 is 4.79 Å². The predicted octanol–water partition coefficient (Wildman–Crippen LogP) is 2.77. The maximum atomic E-state index is 11.6. The summed E-state index contributed by atoms with van der Waals surface area (Å²) in [5.74, 6) is 1.09. The fraction of sp³-hybridized carbons (Fsp3) is 0.188. The van der Waals surface area contributed by atoms with Gasteiger partial charge >= 0.3 is 0 Å². The van der Waals surface area contributed by atoms with Crippen LogP contribution in [-0.4, -0.2) is 22.9 Å². The standard InChI is InChI=1S/C16H17N3OS/c1-13-5-7-14(8-6-13)11-21-12-16(20)19-18-10-15-4-2-3-9-17-15/h2-10H,11-12H2,1H3,(H,19,20)/b18-10+. The lowest BCUT2D eigenvalue weighted by Crippen LogP contribution is -2.19. The van der Waals surface area contributed by atoms with E-state index in [2.05, 4.69) is 46.7 Å². The molecule has 5 heteroatoms. The number of hydrogen-bond donors (Lipinski definition) is 1. The minimum absolute atomic E-state index is 0.112. The van der Waals surface area contributed by atoms with Gasteiger partial charge in [0.25, 0.3) is 0 Å². The molecule has 108 valence electrons. The highest BCUT2D eigenvalue weighted by Crippen LogP contribution is 2.12. The van der Waals surface area contributed by atoms with Gasteiger partial charge in [-0.3, -0.25) is 9.78 Å². The van der Waals surface area contributed by atoms with Crippen molar-refractivity contribution in [3.8, 4) is 0 Å². The summed E-state index contributed by atoms with van der Waals surface area (Å²) in [5, 5.41) is 3.88. The second-order valence-corrected chi connectivity index (χ2v) is 5.51. The molecule has 0 radical (unpaired) electrons.